The van der Waals surface area contributed by atoms with E-state index >= 15 is 0 Å². The molecule has 0 bridgehead atoms. The molecule has 2 rings (SSSR count). The third-order valence-corrected chi connectivity index (χ3v) is 3.68. The van der Waals surface area contributed by atoms with Gasteiger partial charge in [0.2, 0.25) is 5.91 Å². The number of amides is 1. The van der Waals surface area contributed by atoms with Gasteiger partial charge in [0.25, 0.3) is 5.69 Å². The van der Waals surface area contributed by atoms with E-state index in [0.29, 0.717) is 10.7 Å². The Hall–Kier alpha value is -2.40. The Balaban J connectivity index is 2.13. The molecule has 0 radical (unpaired) electrons. The SMILES string of the molecule is Cc1cc(Cl)ccc1NC(=O)C(C)c1ccc([N+](=O)[O-])cc1. The van der Waals surface area contributed by atoms with Gasteiger partial charge in [0, 0.05) is 22.8 Å². The minimum atomic E-state index is -0.467. The van der Waals surface area contributed by atoms with E-state index in [1.54, 1.807) is 37.3 Å². The van der Waals surface area contributed by atoms with E-state index in [-0.39, 0.29) is 11.6 Å². The molecule has 22 heavy (non-hydrogen) atoms. The van der Waals surface area contributed by atoms with Gasteiger partial charge in [-0.15, -0.1) is 0 Å². The molecule has 0 aromatic heterocycles. The van der Waals surface area contributed by atoms with Gasteiger partial charge in [0.05, 0.1) is 10.8 Å². The zero-order valence-electron chi connectivity index (χ0n) is 12.2. The van der Waals surface area contributed by atoms with E-state index in [9.17, 15) is 14.9 Å². The van der Waals surface area contributed by atoms with Crippen LogP contribution in [0.5, 0.6) is 0 Å². The monoisotopic (exact) mass is 318 g/mol. The molecular weight excluding hydrogens is 304 g/mol. The molecule has 2 aromatic rings. The molecule has 1 amide bonds. The zero-order chi connectivity index (χ0) is 16.3. The number of hydrogen-bond donors (Lipinski definition) is 1. The standard InChI is InChI=1S/C16H15ClN2O3/c1-10-9-13(17)5-8-15(10)18-16(20)11(2)12-3-6-14(7-4-12)19(21)22/h3-9,11H,1-2H3,(H,18,20). The van der Waals surface area contributed by atoms with Crippen LogP contribution in [0.1, 0.15) is 24.0 Å². The first-order chi connectivity index (χ1) is 10.4. The second kappa shape index (κ2) is 6.58. The lowest BCUT2D eigenvalue weighted by Gasteiger charge is -2.14. The molecule has 0 aliphatic rings. The van der Waals surface area contributed by atoms with Gasteiger partial charge in [-0.2, -0.15) is 0 Å². The maximum absolute atomic E-state index is 12.3. The molecule has 5 nitrogen and oxygen atoms in total. The van der Waals surface area contributed by atoms with Gasteiger partial charge < -0.3 is 5.32 Å². The van der Waals surface area contributed by atoms with Gasteiger partial charge in [0.15, 0.2) is 0 Å². The number of aryl methyl sites for hydroxylation is 1. The van der Waals surface area contributed by atoms with Crippen molar-refractivity contribution in [3.8, 4) is 0 Å². The summed E-state index contributed by atoms with van der Waals surface area (Å²) in [5, 5.41) is 14.1. The molecule has 114 valence electrons. The second-order valence-corrected chi connectivity index (χ2v) is 5.46. The number of carbonyl (C=O) groups is 1. The highest BCUT2D eigenvalue weighted by Crippen LogP contribution is 2.23. The number of non-ortho nitro benzene ring substituents is 1. The van der Waals surface area contributed by atoms with E-state index in [2.05, 4.69) is 5.32 Å². The number of benzene rings is 2. The highest BCUT2D eigenvalue weighted by Gasteiger charge is 2.17. The highest BCUT2D eigenvalue weighted by molar-refractivity contribution is 6.30. The second-order valence-electron chi connectivity index (χ2n) is 5.02. The van der Waals surface area contributed by atoms with Gasteiger partial charge in [-0.05, 0) is 43.2 Å². The van der Waals surface area contributed by atoms with Gasteiger partial charge in [-0.1, -0.05) is 23.7 Å². The fourth-order valence-electron chi connectivity index (χ4n) is 2.04. The summed E-state index contributed by atoms with van der Waals surface area (Å²) >= 11 is 5.88. The molecule has 0 saturated carbocycles. The topological polar surface area (TPSA) is 72.2 Å². The number of carbonyl (C=O) groups excluding carboxylic acids is 1. The highest BCUT2D eigenvalue weighted by atomic mass is 35.5. The lowest BCUT2D eigenvalue weighted by atomic mass is 10.00. The Labute approximate surface area is 133 Å². The molecule has 0 aliphatic heterocycles. The average Bonchev–Trinajstić information content (AvgIpc) is 2.49. The molecule has 6 heteroatoms. The summed E-state index contributed by atoms with van der Waals surface area (Å²) in [6.07, 6.45) is 0. The quantitative estimate of drug-likeness (QED) is 0.674. The summed E-state index contributed by atoms with van der Waals surface area (Å²) in [5.41, 5.74) is 2.29. The van der Waals surface area contributed by atoms with Crippen LogP contribution < -0.4 is 5.32 Å². The smallest absolute Gasteiger partial charge is 0.269 e. The number of nitrogens with one attached hydrogen (secondary N) is 1. The third-order valence-electron chi connectivity index (χ3n) is 3.44. The van der Waals surface area contributed by atoms with E-state index in [1.165, 1.54) is 12.1 Å². The number of halogens is 1. The van der Waals surface area contributed by atoms with Crippen molar-refractivity contribution in [2.75, 3.05) is 5.32 Å². The van der Waals surface area contributed by atoms with Crippen LogP contribution in [0.4, 0.5) is 11.4 Å². The number of nitro groups is 1. The number of nitrogens with zero attached hydrogens (tertiary/aromatic N) is 1. The summed E-state index contributed by atoms with van der Waals surface area (Å²) in [7, 11) is 0. The fourth-order valence-corrected chi connectivity index (χ4v) is 2.27. The fraction of sp³-hybridized carbons (Fsp3) is 0.188. The van der Waals surface area contributed by atoms with Crippen molar-refractivity contribution in [2.45, 2.75) is 19.8 Å². The van der Waals surface area contributed by atoms with Crippen LogP contribution in [-0.4, -0.2) is 10.8 Å². The molecule has 0 saturated heterocycles. The van der Waals surface area contributed by atoms with Crippen molar-refractivity contribution < 1.29 is 9.72 Å². The first-order valence-electron chi connectivity index (χ1n) is 6.70. The Morgan fingerprint density at radius 1 is 1.23 bits per heavy atom. The Bertz CT molecular complexity index is 714. The molecule has 0 spiro atoms. The summed E-state index contributed by atoms with van der Waals surface area (Å²) < 4.78 is 0. The predicted molar refractivity (Wildman–Crippen MR) is 86.3 cm³/mol. The zero-order valence-corrected chi connectivity index (χ0v) is 12.9. The van der Waals surface area contributed by atoms with Crippen LogP contribution in [0.25, 0.3) is 0 Å². The van der Waals surface area contributed by atoms with E-state index in [4.69, 9.17) is 11.6 Å². The summed E-state index contributed by atoms with van der Waals surface area (Å²) in [4.78, 5) is 22.5. The molecule has 2 aromatic carbocycles. The number of nitro benzene ring substituents is 1. The number of anilines is 1. The van der Waals surface area contributed by atoms with Gasteiger partial charge >= 0.3 is 0 Å². The van der Waals surface area contributed by atoms with E-state index in [0.717, 1.165) is 11.1 Å². The third kappa shape index (κ3) is 3.62. The largest absolute Gasteiger partial charge is 0.325 e. The van der Waals surface area contributed by atoms with Crippen LogP contribution in [0, 0.1) is 17.0 Å². The number of rotatable bonds is 4. The van der Waals surface area contributed by atoms with Crippen molar-refractivity contribution in [1.82, 2.24) is 0 Å². The lowest BCUT2D eigenvalue weighted by Crippen LogP contribution is -2.19. The predicted octanol–water partition coefficient (Wildman–Crippen LogP) is 4.30. The van der Waals surface area contributed by atoms with E-state index < -0.39 is 10.8 Å². The maximum Gasteiger partial charge on any atom is 0.269 e. The Kier molecular flexibility index (Phi) is 4.78. The summed E-state index contributed by atoms with van der Waals surface area (Å²) in [6.45, 7) is 3.61. The normalized spacial score (nSPS) is 11.8. The minimum absolute atomic E-state index is 0.00454. The van der Waals surface area contributed by atoms with Gasteiger partial charge in [-0.3, -0.25) is 14.9 Å². The number of hydrogen-bond acceptors (Lipinski definition) is 3. The van der Waals surface area contributed by atoms with Crippen molar-refractivity contribution in [1.29, 1.82) is 0 Å². The average molecular weight is 319 g/mol. The van der Waals surface area contributed by atoms with Crippen molar-refractivity contribution in [3.63, 3.8) is 0 Å². The van der Waals surface area contributed by atoms with Crippen molar-refractivity contribution in [3.05, 3.63) is 68.7 Å². The van der Waals surface area contributed by atoms with Crippen molar-refractivity contribution >= 4 is 28.9 Å². The summed E-state index contributed by atoms with van der Waals surface area (Å²) in [6, 6.07) is 11.2. The van der Waals surface area contributed by atoms with Crippen LogP contribution in [0.2, 0.25) is 5.02 Å². The molecular formula is C16H15ClN2O3. The molecule has 1 N–H and O–H groups in total. The Morgan fingerprint density at radius 2 is 1.86 bits per heavy atom. The first-order valence-corrected chi connectivity index (χ1v) is 7.07. The molecule has 0 aliphatic carbocycles. The molecule has 0 fully saturated rings. The molecule has 1 unspecified atom stereocenters. The first kappa shape index (κ1) is 16.0. The van der Waals surface area contributed by atoms with Crippen molar-refractivity contribution in [2.24, 2.45) is 0 Å². The summed E-state index contributed by atoms with van der Waals surface area (Å²) in [5.74, 6) is -0.602. The van der Waals surface area contributed by atoms with E-state index in [1.807, 2.05) is 6.92 Å². The minimum Gasteiger partial charge on any atom is -0.325 e. The molecule has 0 heterocycles. The Morgan fingerprint density at radius 3 is 2.41 bits per heavy atom. The van der Waals surface area contributed by atoms with Crippen LogP contribution >= 0.6 is 11.6 Å². The lowest BCUT2D eigenvalue weighted by molar-refractivity contribution is -0.384. The van der Waals surface area contributed by atoms with Crippen LogP contribution in [0.3, 0.4) is 0 Å². The van der Waals surface area contributed by atoms with Crippen LogP contribution in [0.15, 0.2) is 42.5 Å². The van der Waals surface area contributed by atoms with Gasteiger partial charge in [-0.25, -0.2) is 0 Å². The van der Waals surface area contributed by atoms with Crippen LogP contribution in [-0.2, 0) is 4.79 Å². The maximum atomic E-state index is 12.3. The van der Waals surface area contributed by atoms with Gasteiger partial charge in [0.1, 0.15) is 0 Å². The molecule has 1 atom stereocenters.